The minimum atomic E-state index is -1.53. The summed E-state index contributed by atoms with van der Waals surface area (Å²) >= 11 is 0. The van der Waals surface area contributed by atoms with Crippen LogP contribution in [0.25, 0.3) is 0 Å². The molecule has 5 heteroatoms. The fourth-order valence-corrected chi connectivity index (χ4v) is 1.67. The van der Waals surface area contributed by atoms with Crippen LogP contribution in [-0.2, 0) is 23.8 Å². The van der Waals surface area contributed by atoms with Gasteiger partial charge in [0.15, 0.2) is 5.41 Å². The Bertz CT molecular complexity index is 495. The van der Waals surface area contributed by atoms with Gasteiger partial charge in [-0.05, 0) is 20.8 Å². The van der Waals surface area contributed by atoms with Crippen molar-refractivity contribution >= 4 is 11.9 Å². The number of rotatable bonds is 9. The van der Waals surface area contributed by atoms with Crippen LogP contribution in [0.2, 0.25) is 0 Å². The van der Waals surface area contributed by atoms with Crippen molar-refractivity contribution < 1.29 is 23.8 Å². The Morgan fingerprint density at radius 2 is 1.61 bits per heavy atom. The second-order valence-electron chi connectivity index (χ2n) is 4.46. The smallest absolute Gasteiger partial charge is 0.325 e. The van der Waals surface area contributed by atoms with Crippen molar-refractivity contribution in [2.75, 3.05) is 26.4 Å². The minimum absolute atomic E-state index is 0.00333. The third-order valence-electron chi connectivity index (χ3n) is 2.82. The van der Waals surface area contributed by atoms with Crippen LogP contribution in [0.5, 0.6) is 0 Å². The number of hydrogen-bond acceptors (Lipinski definition) is 5. The molecule has 0 heterocycles. The normalized spacial score (nSPS) is 9.70. The number of carbonyl (C=O) groups is 2. The first-order valence-corrected chi connectivity index (χ1v) is 7.47. The third-order valence-corrected chi connectivity index (χ3v) is 2.82. The van der Waals surface area contributed by atoms with E-state index in [1.807, 2.05) is 0 Å². The average Bonchev–Trinajstić information content (AvgIpc) is 2.54. The highest BCUT2D eigenvalue weighted by Gasteiger charge is 2.48. The topological polar surface area (TPSA) is 61.8 Å². The lowest BCUT2D eigenvalue weighted by molar-refractivity contribution is -0.171. The SMILES string of the molecule is C=CCOCC#CCC(CC#CC)(C(=O)OCC)C(=O)OCC. The van der Waals surface area contributed by atoms with Crippen LogP contribution in [0.3, 0.4) is 0 Å². The standard InChI is InChI=1S/C18H24O5/c1-5-9-12-18(16(19)22-7-3,17(20)23-8-4)13-10-11-15-21-14-6-2/h6H,2,7-8,12-15H2,1,3-4H3. The van der Waals surface area contributed by atoms with Crippen molar-refractivity contribution in [3.05, 3.63) is 12.7 Å². The summed E-state index contributed by atoms with van der Waals surface area (Å²) in [4.78, 5) is 24.7. The maximum atomic E-state index is 12.4. The Labute approximate surface area is 138 Å². The van der Waals surface area contributed by atoms with E-state index in [-0.39, 0.29) is 32.7 Å². The summed E-state index contributed by atoms with van der Waals surface area (Å²) in [6, 6.07) is 0. The zero-order valence-electron chi connectivity index (χ0n) is 14.1. The van der Waals surface area contributed by atoms with Crippen LogP contribution in [0, 0.1) is 29.1 Å². The molecule has 0 spiro atoms. The molecule has 23 heavy (non-hydrogen) atoms. The molecule has 0 aliphatic rings. The van der Waals surface area contributed by atoms with E-state index in [4.69, 9.17) is 14.2 Å². The molecule has 0 unspecified atom stereocenters. The zero-order valence-corrected chi connectivity index (χ0v) is 14.1. The number of ether oxygens (including phenoxy) is 3. The molecule has 0 aliphatic heterocycles. The maximum absolute atomic E-state index is 12.4. The lowest BCUT2D eigenvalue weighted by Gasteiger charge is -2.25. The Kier molecular flexibility index (Phi) is 11.1. The molecule has 0 saturated heterocycles. The molecule has 0 rings (SSSR count). The van der Waals surface area contributed by atoms with E-state index in [1.165, 1.54) is 0 Å². The molecule has 126 valence electrons. The fraction of sp³-hybridized carbons (Fsp3) is 0.556. The molecule has 0 aromatic rings. The zero-order chi connectivity index (χ0) is 17.6. The molecule has 0 amide bonds. The molecule has 5 nitrogen and oxygen atoms in total. The van der Waals surface area contributed by atoms with Crippen molar-refractivity contribution in [3.63, 3.8) is 0 Å². The first-order valence-electron chi connectivity index (χ1n) is 7.47. The van der Waals surface area contributed by atoms with E-state index < -0.39 is 17.4 Å². The summed E-state index contributed by atoms with van der Waals surface area (Å²) in [6.07, 6.45) is 1.58. The quantitative estimate of drug-likeness (QED) is 0.214. The van der Waals surface area contributed by atoms with E-state index in [0.717, 1.165) is 0 Å². The number of esters is 2. The highest BCUT2D eigenvalue weighted by atomic mass is 16.6. The third kappa shape index (κ3) is 7.04. The van der Waals surface area contributed by atoms with Gasteiger partial charge in [-0.3, -0.25) is 9.59 Å². The van der Waals surface area contributed by atoms with Crippen LogP contribution in [0.4, 0.5) is 0 Å². The number of carbonyl (C=O) groups excluding carboxylic acids is 2. The molecule has 0 bridgehead atoms. The Hall–Kier alpha value is -2.24. The summed E-state index contributed by atoms with van der Waals surface area (Å²) in [5, 5.41) is 0. The van der Waals surface area contributed by atoms with Crippen molar-refractivity contribution in [2.24, 2.45) is 5.41 Å². The predicted molar refractivity (Wildman–Crippen MR) is 87.2 cm³/mol. The summed E-state index contributed by atoms with van der Waals surface area (Å²) in [6.45, 7) is 9.41. The summed E-state index contributed by atoms with van der Waals surface area (Å²) < 4.78 is 15.2. The molecule has 0 saturated carbocycles. The van der Waals surface area contributed by atoms with Crippen molar-refractivity contribution in [1.82, 2.24) is 0 Å². The van der Waals surface area contributed by atoms with Crippen LogP contribution < -0.4 is 0 Å². The number of hydrogen-bond donors (Lipinski definition) is 0. The van der Waals surface area contributed by atoms with Crippen LogP contribution in [0.1, 0.15) is 33.6 Å². The van der Waals surface area contributed by atoms with Gasteiger partial charge in [-0.25, -0.2) is 0 Å². The average molecular weight is 320 g/mol. The Balaban J connectivity index is 5.33. The molecule has 0 aliphatic carbocycles. The van der Waals surface area contributed by atoms with E-state index in [9.17, 15) is 9.59 Å². The Morgan fingerprint density at radius 1 is 1.04 bits per heavy atom. The molecule has 0 aromatic carbocycles. The van der Waals surface area contributed by atoms with Gasteiger partial charge in [-0.1, -0.05) is 17.9 Å². The monoisotopic (exact) mass is 320 g/mol. The molecule has 0 N–H and O–H groups in total. The van der Waals surface area contributed by atoms with E-state index >= 15 is 0 Å². The Morgan fingerprint density at radius 3 is 2.09 bits per heavy atom. The highest BCUT2D eigenvalue weighted by molar-refractivity contribution is 6.00. The second-order valence-corrected chi connectivity index (χ2v) is 4.46. The van der Waals surface area contributed by atoms with Crippen molar-refractivity contribution in [3.8, 4) is 23.7 Å². The van der Waals surface area contributed by atoms with Crippen LogP contribution >= 0.6 is 0 Å². The molecule has 0 atom stereocenters. The van der Waals surface area contributed by atoms with Gasteiger partial charge in [0, 0.05) is 12.8 Å². The highest BCUT2D eigenvalue weighted by Crippen LogP contribution is 2.30. The largest absolute Gasteiger partial charge is 0.465 e. The first-order chi connectivity index (χ1) is 11.1. The lowest BCUT2D eigenvalue weighted by atomic mass is 9.81. The summed E-state index contributed by atoms with van der Waals surface area (Å²) in [5.74, 6) is 9.68. The van der Waals surface area contributed by atoms with Gasteiger partial charge in [-0.15, -0.1) is 18.4 Å². The van der Waals surface area contributed by atoms with Crippen LogP contribution in [-0.4, -0.2) is 38.4 Å². The predicted octanol–water partition coefficient (Wildman–Crippen LogP) is 2.11. The molecular weight excluding hydrogens is 296 g/mol. The van der Waals surface area contributed by atoms with Gasteiger partial charge in [0.1, 0.15) is 6.61 Å². The van der Waals surface area contributed by atoms with Crippen LogP contribution in [0.15, 0.2) is 12.7 Å². The minimum Gasteiger partial charge on any atom is -0.465 e. The second kappa shape index (κ2) is 12.3. The van der Waals surface area contributed by atoms with E-state index in [2.05, 4.69) is 30.3 Å². The van der Waals surface area contributed by atoms with Gasteiger partial charge in [-0.2, -0.15) is 0 Å². The van der Waals surface area contributed by atoms with Gasteiger partial charge >= 0.3 is 11.9 Å². The molecule has 0 aromatic heterocycles. The molecular formula is C18H24O5. The maximum Gasteiger partial charge on any atom is 0.325 e. The van der Waals surface area contributed by atoms with Crippen molar-refractivity contribution in [2.45, 2.75) is 33.6 Å². The van der Waals surface area contributed by atoms with Gasteiger partial charge < -0.3 is 14.2 Å². The van der Waals surface area contributed by atoms with E-state index in [0.29, 0.717) is 6.61 Å². The first kappa shape index (κ1) is 20.8. The summed E-state index contributed by atoms with van der Waals surface area (Å²) in [5.41, 5.74) is -1.53. The van der Waals surface area contributed by atoms with Gasteiger partial charge in [0.25, 0.3) is 0 Å². The van der Waals surface area contributed by atoms with Crippen molar-refractivity contribution in [1.29, 1.82) is 0 Å². The van der Waals surface area contributed by atoms with Gasteiger partial charge in [0.2, 0.25) is 0 Å². The molecule has 0 radical (unpaired) electrons. The van der Waals surface area contributed by atoms with E-state index in [1.54, 1.807) is 26.8 Å². The van der Waals surface area contributed by atoms with Gasteiger partial charge in [0.05, 0.1) is 19.8 Å². The lowest BCUT2D eigenvalue weighted by Crippen LogP contribution is -2.41. The molecule has 0 fully saturated rings. The summed E-state index contributed by atoms with van der Waals surface area (Å²) in [7, 11) is 0. The fourth-order valence-electron chi connectivity index (χ4n) is 1.67.